The number of hydrogen-bond acceptors (Lipinski definition) is 3. The van der Waals surface area contributed by atoms with Crippen LogP contribution < -0.4 is 5.56 Å². The van der Waals surface area contributed by atoms with Gasteiger partial charge in [0.25, 0.3) is 5.56 Å². The highest BCUT2D eigenvalue weighted by Crippen LogP contribution is 2.38. The van der Waals surface area contributed by atoms with Gasteiger partial charge in [0.05, 0.1) is 11.9 Å². The van der Waals surface area contributed by atoms with Gasteiger partial charge < -0.3 is 9.55 Å². The molecule has 1 N–H and O–H groups in total. The predicted molar refractivity (Wildman–Crippen MR) is 64.0 cm³/mol. The van der Waals surface area contributed by atoms with Gasteiger partial charge in [-0.05, 0) is 12.8 Å². The topological polar surface area (TPSA) is 63.6 Å². The first-order chi connectivity index (χ1) is 8.15. The van der Waals surface area contributed by atoms with E-state index in [1.807, 2.05) is 0 Å². The Balaban J connectivity index is 2.14. The molecule has 1 aliphatic carbocycles. The summed E-state index contributed by atoms with van der Waals surface area (Å²) in [7, 11) is 1.79. The van der Waals surface area contributed by atoms with Crippen molar-refractivity contribution in [3.8, 4) is 11.6 Å². The maximum absolute atomic E-state index is 11.6. The molecular weight excluding hydrogens is 240 g/mol. The molecule has 17 heavy (non-hydrogen) atoms. The number of imidazole rings is 1. The molecule has 0 unspecified atom stereocenters. The number of H-pyrrole nitrogens is 1. The molecule has 0 amide bonds. The van der Waals surface area contributed by atoms with Crippen molar-refractivity contribution < 1.29 is 0 Å². The van der Waals surface area contributed by atoms with Crippen LogP contribution in [0.1, 0.15) is 24.5 Å². The Morgan fingerprint density at radius 1 is 1.53 bits per heavy atom. The molecule has 6 heteroatoms. The van der Waals surface area contributed by atoms with Gasteiger partial charge in [0.1, 0.15) is 5.15 Å². The van der Waals surface area contributed by atoms with Crippen molar-refractivity contribution in [3.63, 3.8) is 0 Å². The lowest BCUT2D eigenvalue weighted by molar-refractivity contribution is 0.888. The van der Waals surface area contributed by atoms with E-state index in [-0.39, 0.29) is 5.56 Å². The van der Waals surface area contributed by atoms with Gasteiger partial charge in [-0.2, -0.15) is 0 Å². The monoisotopic (exact) mass is 250 g/mol. The number of nitrogens with one attached hydrogen (secondary N) is 1. The van der Waals surface area contributed by atoms with E-state index >= 15 is 0 Å². The Bertz CT molecular complexity index is 627. The van der Waals surface area contributed by atoms with Crippen LogP contribution in [-0.4, -0.2) is 19.5 Å². The van der Waals surface area contributed by atoms with E-state index < -0.39 is 0 Å². The molecular formula is C11H11ClN4O. The van der Waals surface area contributed by atoms with Gasteiger partial charge >= 0.3 is 0 Å². The average molecular weight is 251 g/mol. The minimum atomic E-state index is -0.143. The Hall–Kier alpha value is -1.62. The average Bonchev–Trinajstić information content (AvgIpc) is 3.07. The number of aromatic amines is 1. The van der Waals surface area contributed by atoms with Crippen molar-refractivity contribution in [1.82, 2.24) is 19.5 Å². The highest BCUT2D eigenvalue weighted by atomic mass is 35.5. The first kappa shape index (κ1) is 10.5. The molecule has 2 aromatic rings. The van der Waals surface area contributed by atoms with Crippen molar-refractivity contribution in [2.24, 2.45) is 7.05 Å². The van der Waals surface area contributed by atoms with Crippen LogP contribution >= 0.6 is 11.6 Å². The number of hydrogen-bond donors (Lipinski definition) is 1. The number of halogens is 1. The standard InChI is InChI=1S/C11H11ClN4O/c1-16-8(12)5-13-11(16)10-14-7(6-2-3-6)4-9(17)15-10/h4-6H,2-3H2,1H3,(H,14,15,17). The molecule has 0 radical (unpaired) electrons. The molecule has 0 bridgehead atoms. The third kappa shape index (κ3) is 1.86. The van der Waals surface area contributed by atoms with Crippen LogP contribution in [0.2, 0.25) is 5.15 Å². The molecule has 0 aromatic carbocycles. The van der Waals surface area contributed by atoms with Gasteiger partial charge in [-0.25, -0.2) is 9.97 Å². The zero-order valence-electron chi connectivity index (χ0n) is 9.27. The molecule has 3 rings (SSSR count). The normalized spacial score (nSPS) is 15.2. The van der Waals surface area contributed by atoms with Gasteiger partial charge in [0, 0.05) is 19.0 Å². The second-order valence-electron chi connectivity index (χ2n) is 4.26. The van der Waals surface area contributed by atoms with Gasteiger partial charge in [-0.15, -0.1) is 0 Å². The lowest BCUT2D eigenvalue weighted by atomic mass is 10.3. The number of aromatic nitrogens is 4. The number of rotatable bonds is 2. The van der Waals surface area contributed by atoms with E-state index in [2.05, 4.69) is 15.0 Å². The molecule has 1 aliphatic rings. The van der Waals surface area contributed by atoms with Crippen molar-refractivity contribution in [2.75, 3.05) is 0 Å². The van der Waals surface area contributed by atoms with Crippen LogP contribution in [0.25, 0.3) is 11.6 Å². The molecule has 0 saturated heterocycles. The fraction of sp³-hybridized carbons (Fsp3) is 0.364. The molecule has 88 valence electrons. The van der Waals surface area contributed by atoms with Gasteiger partial charge in [0.15, 0.2) is 11.6 Å². The second-order valence-corrected chi connectivity index (χ2v) is 4.64. The molecule has 1 fully saturated rings. The Kier molecular flexibility index (Phi) is 2.29. The summed E-state index contributed by atoms with van der Waals surface area (Å²) in [6.45, 7) is 0. The highest BCUT2D eigenvalue weighted by molar-refractivity contribution is 6.29. The molecule has 0 spiro atoms. The summed E-state index contributed by atoms with van der Waals surface area (Å²) >= 11 is 5.91. The van der Waals surface area contributed by atoms with Crippen LogP contribution in [0.15, 0.2) is 17.1 Å². The maximum Gasteiger partial charge on any atom is 0.251 e. The molecule has 2 heterocycles. The Morgan fingerprint density at radius 2 is 2.29 bits per heavy atom. The Labute approximate surface area is 102 Å². The predicted octanol–water partition coefficient (Wildman–Crippen LogP) is 1.70. The Morgan fingerprint density at radius 3 is 2.88 bits per heavy atom. The van der Waals surface area contributed by atoms with E-state index in [0.717, 1.165) is 18.5 Å². The van der Waals surface area contributed by atoms with Crippen molar-refractivity contribution >= 4 is 11.6 Å². The van der Waals surface area contributed by atoms with Crippen molar-refractivity contribution in [3.05, 3.63) is 33.5 Å². The summed E-state index contributed by atoms with van der Waals surface area (Å²) in [5, 5.41) is 0.513. The van der Waals surface area contributed by atoms with Crippen molar-refractivity contribution in [2.45, 2.75) is 18.8 Å². The van der Waals surface area contributed by atoms with E-state index in [9.17, 15) is 4.79 Å². The van der Waals surface area contributed by atoms with Crippen LogP contribution in [0, 0.1) is 0 Å². The summed E-state index contributed by atoms with van der Waals surface area (Å²) in [4.78, 5) is 22.8. The third-order valence-corrected chi connectivity index (χ3v) is 3.25. The van der Waals surface area contributed by atoms with Crippen molar-refractivity contribution in [1.29, 1.82) is 0 Å². The third-order valence-electron chi connectivity index (χ3n) is 2.90. The molecule has 0 atom stereocenters. The second kappa shape index (κ2) is 3.70. The molecule has 0 aliphatic heterocycles. The highest BCUT2D eigenvalue weighted by Gasteiger charge is 2.26. The van der Waals surface area contributed by atoms with E-state index in [1.165, 1.54) is 0 Å². The van der Waals surface area contributed by atoms with Gasteiger partial charge in [0.2, 0.25) is 0 Å². The largest absolute Gasteiger partial charge is 0.316 e. The summed E-state index contributed by atoms with van der Waals surface area (Å²) in [5.74, 6) is 1.50. The molecule has 1 saturated carbocycles. The van der Waals surface area contributed by atoms with Crippen LogP contribution in [-0.2, 0) is 7.05 Å². The maximum atomic E-state index is 11.6. The van der Waals surface area contributed by atoms with Gasteiger partial charge in [-0.3, -0.25) is 4.79 Å². The lowest BCUT2D eigenvalue weighted by Crippen LogP contribution is -2.11. The zero-order chi connectivity index (χ0) is 12.0. The van der Waals surface area contributed by atoms with Crippen LogP contribution in [0.5, 0.6) is 0 Å². The smallest absolute Gasteiger partial charge is 0.251 e. The first-order valence-electron chi connectivity index (χ1n) is 5.44. The number of nitrogens with zero attached hydrogens (tertiary/aromatic N) is 3. The minimum absolute atomic E-state index is 0.143. The van der Waals surface area contributed by atoms with E-state index in [1.54, 1.807) is 23.9 Å². The SMILES string of the molecule is Cn1c(Cl)cnc1-c1nc(C2CC2)cc(=O)[nH]1. The first-order valence-corrected chi connectivity index (χ1v) is 5.82. The van der Waals surface area contributed by atoms with Gasteiger partial charge in [-0.1, -0.05) is 11.6 Å². The molecule has 2 aromatic heterocycles. The van der Waals surface area contributed by atoms with E-state index in [4.69, 9.17) is 11.6 Å². The summed E-state index contributed by atoms with van der Waals surface area (Å²) < 4.78 is 1.69. The summed E-state index contributed by atoms with van der Waals surface area (Å²) in [6, 6.07) is 1.56. The summed E-state index contributed by atoms with van der Waals surface area (Å²) in [5.41, 5.74) is 0.707. The summed E-state index contributed by atoms with van der Waals surface area (Å²) in [6.07, 6.45) is 3.76. The van der Waals surface area contributed by atoms with E-state index in [0.29, 0.717) is 22.7 Å². The van der Waals surface area contributed by atoms with Crippen LogP contribution in [0.4, 0.5) is 0 Å². The minimum Gasteiger partial charge on any atom is -0.316 e. The quantitative estimate of drug-likeness (QED) is 0.882. The fourth-order valence-corrected chi connectivity index (χ4v) is 1.91. The van der Waals surface area contributed by atoms with Crippen LogP contribution in [0.3, 0.4) is 0 Å². The fourth-order valence-electron chi connectivity index (χ4n) is 1.78. The lowest BCUT2D eigenvalue weighted by Gasteiger charge is -2.03. The zero-order valence-corrected chi connectivity index (χ0v) is 10.0. The molecule has 5 nitrogen and oxygen atoms in total.